The van der Waals surface area contributed by atoms with E-state index in [0.717, 1.165) is 24.0 Å². The number of hydrogen-bond acceptors (Lipinski definition) is 6. The highest BCUT2D eigenvalue weighted by molar-refractivity contribution is 6.38. The van der Waals surface area contributed by atoms with Crippen molar-refractivity contribution in [1.82, 2.24) is 20.9 Å². The van der Waals surface area contributed by atoms with E-state index in [2.05, 4.69) is 29.8 Å². The van der Waals surface area contributed by atoms with Crippen LogP contribution in [0.25, 0.3) is 0 Å². The molecule has 42 heavy (non-hydrogen) atoms. The van der Waals surface area contributed by atoms with Gasteiger partial charge in [0, 0.05) is 13.6 Å². The number of ether oxygens (including phenoxy) is 1. The van der Waals surface area contributed by atoms with Gasteiger partial charge in [0.2, 0.25) is 17.6 Å². The molecule has 10 heteroatoms. The monoisotopic (exact) mass is 580 g/mol. The number of ketones is 1. The number of alkyl carbamates (subject to hydrolysis) is 1. The van der Waals surface area contributed by atoms with Gasteiger partial charge in [-0.15, -0.1) is 0 Å². The van der Waals surface area contributed by atoms with Gasteiger partial charge in [-0.2, -0.15) is 0 Å². The summed E-state index contributed by atoms with van der Waals surface area (Å²) in [6.45, 7) is 8.69. The lowest BCUT2D eigenvalue weighted by Gasteiger charge is -2.35. The first-order valence-corrected chi connectivity index (χ1v) is 15.3. The van der Waals surface area contributed by atoms with Crippen molar-refractivity contribution in [1.29, 1.82) is 0 Å². The number of piperidine rings is 1. The zero-order chi connectivity index (χ0) is 30.3. The van der Waals surface area contributed by atoms with Gasteiger partial charge in [0.25, 0.3) is 5.91 Å². The van der Waals surface area contributed by atoms with Gasteiger partial charge in [0.05, 0.1) is 12.6 Å². The molecule has 0 spiro atoms. The second-order valence-electron chi connectivity index (χ2n) is 13.6. The zero-order valence-corrected chi connectivity index (χ0v) is 25.3. The van der Waals surface area contributed by atoms with Crippen LogP contribution in [0.2, 0.25) is 0 Å². The van der Waals surface area contributed by atoms with Crippen molar-refractivity contribution in [2.45, 2.75) is 77.9 Å². The fraction of sp³-hybridized carbons (Fsp3) is 0.656. The maximum absolute atomic E-state index is 14.4. The van der Waals surface area contributed by atoms with E-state index < -0.39 is 41.8 Å². The molecule has 1 aromatic rings. The molecule has 3 fully saturated rings. The van der Waals surface area contributed by atoms with Crippen molar-refractivity contribution in [2.75, 3.05) is 20.2 Å². The molecule has 2 saturated carbocycles. The summed E-state index contributed by atoms with van der Waals surface area (Å²) in [7, 11) is 1.39. The summed E-state index contributed by atoms with van der Waals surface area (Å²) in [5.41, 5.74) is 2.15. The first-order valence-electron chi connectivity index (χ1n) is 15.3. The molecule has 0 aromatic heterocycles. The van der Waals surface area contributed by atoms with Crippen molar-refractivity contribution >= 4 is 29.6 Å². The minimum Gasteiger partial charge on any atom is -0.449 e. The molecule has 2 unspecified atom stereocenters. The lowest BCUT2D eigenvalue weighted by Crippen LogP contribution is -2.59. The van der Waals surface area contributed by atoms with E-state index in [-0.39, 0.29) is 41.6 Å². The molecule has 1 aliphatic heterocycles. The molecule has 10 nitrogen and oxygen atoms in total. The second-order valence-corrected chi connectivity index (χ2v) is 13.6. The Bertz CT molecular complexity index is 1230. The summed E-state index contributed by atoms with van der Waals surface area (Å²) in [5, 5.41) is 8.10. The number of nitrogens with zero attached hydrogens (tertiary/aromatic N) is 1. The van der Waals surface area contributed by atoms with E-state index in [0.29, 0.717) is 31.7 Å². The van der Waals surface area contributed by atoms with Gasteiger partial charge in [-0.3, -0.25) is 19.2 Å². The maximum Gasteiger partial charge on any atom is 0.407 e. The minimum absolute atomic E-state index is 0.0764. The number of fused-ring (bicyclic) bond motifs is 2. The highest BCUT2D eigenvalue weighted by atomic mass is 16.5. The predicted octanol–water partition coefficient (Wildman–Crippen LogP) is 2.24. The standard InChI is InChI=1S/C32H44N4O6/c1-17(2)16-42-31(41)35-25(21-13-19-8-6-7-9-20(19)14-21)30(40)36-15-22-24(32(22,3)4)26(36)28(38)34-23(12-18-10-11-18)27(37)29(39)33-5/h6-9,17-18,21-26H,10-16H2,1-5H3,(H,33,39)(H,34,38)(H,35,41)/t22?,23?,24-,25-,26-/m0/s1. The Morgan fingerprint density at radius 2 is 1.67 bits per heavy atom. The third-order valence-electron chi connectivity index (χ3n) is 9.75. The summed E-state index contributed by atoms with van der Waals surface area (Å²) in [5.74, 6) is -1.84. The number of nitrogens with one attached hydrogen (secondary N) is 3. The Hall–Kier alpha value is -3.43. The maximum atomic E-state index is 14.4. The Kier molecular flexibility index (Phi) is 8.36. The highest BCUT2D eigenvalue weighted by Gasteiger charge is 2.69. The molecule has 1 saturated heterocycles. The number of carbonyl (C=O) groups excluding carboxylic acids is 5. The van der Waals surface area contributed by atoms with Crippen molar-refractivity contribution in [3.8, 4) is 0 Å². The lowest BCUT2D eigenvalue weighted by atomic mass is 9.93. The number of amides is 4. The van der Waals surface area contributed by atoms with Crippen LogP contribution in [0.4, 0.5) is 4.79 Å². The molecular weight excluding hydrogens is 536 g/mol. The summed E-state index contributed by atoms with van der Waals surface area (Å²) >= 11 is 0. The number of benzene rings is 1. The summed E-state index contributed by atoms with van der Waals surface area (Å²) in [6.07, 6.45) is 2.94. The van der Waals surface area contributed by atoms with Crippen LogP contribution < -0.4 is 16.0 Å². The molecule has 1 aromatic carbocycles. The van der Waals surface area contributed by atoms with Gasteiger partial charge >= 0.3 is 6.09 Å². The van der Waals surface area contributed by atoms with E-state index in [9.17, 15) is 24.0 Å². The molecule has 3 N–H and O–H groups in total. The Balaban J connectivity index is 1.38. The smallest absolute Gasteiger partial charge is 0.407 e. The number of likely N-dealkylation sites (N-methyl/N-ethyl adjacent to an activating group) is 1. The molecule has 5 rings (SSSR count). The van der Waals surface area contributed by atoms with Crippen molar-refractivity contribution in [2.24, 2.45) is 35.0 Å². The molecule has 0 radical (unpaired) electrons. The number of likely N-dealkylation sites (tertiary alicyclic amines) is 1. The number of Topliss-reactive ketones (excluding diaryl/α,β-unsaturated/α-hetero) is 1. The first kappa shape index (κ1) is 30.0. The summed E-state index contributed by atoms with van der Waals surface area (Å²) < 4.78 is 5.40. The number of rotatable bonds is 11. The largest absolute Gasteiger partial charge is 0.449 e. The van der Waals surface area contributed by atoms with Crippen LogP contribution in [0.1, 0.15) is 58.1 Å². The van der Waals surface area contributed by atoms with Crippen LogP contribution in [0.15, 0.2) is 24.3 Å². The molecule has 5 atom stereocenters. The molecule has 4 aliphatic rings. The lowest BCUT2D eigenvalue weighted by molar-refractivity contribution is -0.144. The van der Waals surface area contributed by atoms with Crippen LogP contribution in [0.3, 0.4) is 0 Å². The third-order valence-corrected chi connectivity index (χ3v) is 9.75. The van der Waals surface area contributed by atoms with Gasteiger partial charge in [-0.25, -0.2) is 4.79 Å². The Morgan fingerprint density at radius 1 is 1.02 bits per heavy atom. The fourth-order valence-electron chi connectivity index (χ4n) is 7.07. The van der Waals surface area contributed by atoms with Gasteiger partial charge in [0.1, 0.15) is 12.1 Å². The number of carbonyl (C=O) groups is 5. The molecule has 0 bridgehead atoms. The van der Waals surface area contributed by atoms with E-state index >= 15 is 0 Å². The normalized spacial score (nSPS) is 25.2. The topological polar surface area (TPSA) is 134 Å². The molecule has 1 heterocycles. The molecule has 3 aliphatic carbocycles. The second kappa shape index (κ2) is 11.7. The predicted molar refractivity (Wildman–Crippen MR) is 155 cm³/mol. The zero-order valence-electron chi connectivity index (χ0n) is 25.3. The van der Waals surface area contributed by atoms with Gasteiger partial charge in [-0.05, 0) is 65.4 Å². The minimum atomic E-state index is -0.938. The average molecular weight is 581 g/mol. The van der Waals surface area contributed by atoms with Crippen LogP contribution in [-0.4, -0.2) is 72.8 Å². The Morgan fingerprint density at radius 3 is 2.24 bits per heavy atom. The SMILES string of the molecule is CNC(=O)C(=O)C(CC1CC1)NC(=O)[C@@H]1[C@@H]2C(CN1C(=O)[C@@H](NC(=O)OCC(C)C)C1Cc3ccccc3C1)C2(C)C. The van der Waals surface area contributed by atoms with Crippen LogP contribution >= 0.6 is 0 Å². The van der Waals surface area contributed by atoms with E-state index in [4.69, 9.17) is 4.74 Å². The summed E-state index contributed by atoms with van der Waals surface area (Å²) in [6, 6.07) is 5.42. The van der Waals surface area contributed by atoms with Crippen LogP contribution in [-0.2, 0) is 36.8 Å². The van der Waals surface area contributed by atoms with Crippen LogP contribution in [0, 0.1) is 35.0 Å². The number of hydrogen-bond donors (Lipinski definition) is 3. The van der Waals surface area contributed by atoms with Crippen molar-refractivity contribution in [3.63, 3.8) is 0 Å². The van der Waals surface area contributed by atoms with Crippen molar-refractivity contribution in [3.05, 3.63) is 35.4 Å². The van der Waals surface area contributed by atoms with E-state index in [1.54, 1.807) is 4.90 Å². The third kappa shape index (κ3) is 6.03. The van der Waals surface area contributed by atoms with E-state index in [1.807, 2.05) is 38.1 Å². The van der Waals surface area contributed by atoms with Crippen molar-refractivity contribution < 1.29 is 28.7 Å². The highest BCUT2D eigenvalue weighted by Crippen LogP contribution is 2.65. The fourth-order valence-corrected chi connectivity index (χ4v) is 7.07. The van der Waals surface area contributed by atoms with Gasteiger partial charge < -0.3 is 25.6 Å². The van der Waals surface area contributed by atoms with Gasteiger partial charge in [0.15, 0.2) is 0 Å². The van der Waals surface area contributed by atoms with Gasteiger partial charge in [-0.1, -0.05) is 64.8 Å². The molecular formula is C32H44N4O6. The quantitative estimate of drug-likeness (QED) is 0.344. The van der Waals surface area contributed by atoms with Crippen LogP contribution in [0.5, 0.6) is 0 Å². The molecule has 4 amide bonds. The summed E-state index contributed by atoms with van der Waals surface area (Å²) in [4.78, 5) is 67.8. The Labute approximate surface area is 247 Å². The average Bonchev–Trinajstić information content (AvgIpc) is 3.71. The van der Waals surface area contributed by atoms with E-state index in [1.165, 1.54) is 7.05 Å². The molecule has 228 valence electrons. The first-order chi connectivity index (χ1) is 19.9.